The summed E-state index contributed by atoms with van der Waals surface area (Å²) >= 11 is 0. The molecule has 1 heterocycles. The normalized spacial score (nSPS) is 17.2. The van der Waals surface area contributed by atoms with Crippen LogP contribution in [0.4, 0.5) is 4.79 Å². The van der Waals surface area contributed by atoms with Crippen LogP contribution in [-0.4, -0.2) is 42.3 Å². The predicted octanol–water partition coefficient (Wildman–Crippen LogP) is 3.72. The van der Waals surface area contributed by atoms with Gasteiger partial charge in [-0.1, -0.05) is 12.1 Å². The van der Waals surface area contributed by atoms with Gasteiger partial charge in [-0.3, -0.25) is 0 Å². The zero-order valence-corrected chi connectivity index (χ0v) is 15.2. The lowest BCUT2D eigenvalue weighted by Crippen LogP contribution is -2.52. The van der Waals surface area contributed by atoms with E-state index in [1.165, 1.54) is 7.11 Å². The summed E-state index contributed by atoms with van der Waals surface area (Å²) in [4.78, 5) is 25.7. The molecule has 0 aliphatic carbocycles. The maximum Gasteiger partial charge on any atom is 0.410 e. The minimum atomic E-state index is -0.469. The summed E-state index contributed by atoms with van der Waals surface area (Å²) in [6.07, 6.45) is 2.43. The number of amides is 1. The molecule has 1 aromatic carbocycles. The number of hydrogen-bond acceptors (Lipinski definition) is 4. The molecule has 1 aliphatic heterocycles. The molecule has 1 unspecified atom stereocenters. The van der Waals surface area contributed by atoms with E-state index in [1.54, 1.807) is 4.90 Å². The zero-order valence-electron chi connectivity index (χ0n) is 15.2. The summed E-state index contributed by atoms with van der Waals surface area (Å²) in [6, 6.07) is 6.06. The lowest BCUT2D eigenvalue weighted by molar-refractivity contribution is -0.00656. The summed E-state index contributed by atoms with van der Waals surface area (Å²) in [7, 11) is 1.39. The third-order valence-electron chi connectivity index (χ3n) is 4.25. The molecule has 0 N–H and O–H groups in total. The maximum absolute atomic E-state index is 12.1. The first-order valence-electron chi connectivity index (χ1n) is 8.38. The van der Waals surface area contributed by atoms with E-state index in [9.17, 15) is 9.59 Å². The van der Waals surface area contributed by atoms with Crippen molar-refractivity contribution in [1.82, 2.24) is 4.90 Å². The molecule has 0 saturated carbocycles. The van der Waals surface area contributed by atoms with Crippen LogP contribution in [0, 0.1) is 6.92 Å². The highest BCUT2D eigenvalue weighted by Gasteiger charge is 2.34. The molecule has 5 heteroatoms. The summed E-state index contributed by atoms with van der Waals surface area (Å²) < 4.78 is 10.2. The second-order valence-corrected chi connectivity index (χ2v) is 7.30. The molecule has 0 bridgehead atoms. The van der Waals surface area contributed by atoms with E-state index < -0.39 is 5.60 Å². The van der Waals surface area contributed by atoms with Crippen molar-refractivity contribution in [3.63, 3.8) is 0 Å². The molecule has 2 rings (SSSR count). The van der Waals surface area contributed by atoms with Crippen LogP contribution < -0.4 is 0 Å². The van der Waals surface area contributed by atoms with E-state index in [0.717, 1.165) is 36.9 Å². The minimum Gasteiger partial charge on any atom is -0.465 e. The van der Waals surface area contributed by atoms with Gasteiger partial charge in [0.1, 0.15) is 5.60 Å². The fraction of sp³-hybridized carbons (Fsp3) is 0.579. The van der Waals surface area contributed by atoms with Gasteiger partial charge >= 0.3 is 12.1 Å². The van der Waals surface area contributed by atoms with E-state index >= 15 is 0 Å². The lowest BCUT2D eigenvalue weighted by Gasteiger charge is -2.41. The fourth-order valence-corrected chi connectivity index (χ4v) is 2.79. The Kier molecular flexibility index (Phi) is 5.52. The predicted molar refractivity (Wildman–Crippen MR) is 92.2 cm³/mol. The second-order valence-electron chi connectivity index (χ2n) is 7.30. The molecule has 24 heavy (non-hydrogen) atoms. The van der Waals surface area contributed by atoms with Gasteiger partial charge in [0, 0.05) is 12.6 Å². The molecule has 5 nitrogen and oxygen atoms in total. The second kappa shape index (κ2) is 7.24. The number of rotatable bonds is 4. The Morgan fingerprint density at radius 2 is 2.00 bits per heavy atom. The zero-order chi connectivity index (χ0) is 17.9. The number of carbonyl (C=O) groups is 2. The van der Waals surface area contributed by atoms with Gasteiger partial charge in [-0.15, -0.1) is 0 Å². The van der Waals surface area contributed by atoms with Gasteiger partial charge in [-0.05, 0) is 64.2 Å². The average molecular weight is 333 g/mol. The third-order valence-corrected chi connectivity index (χ3v) is 4.25. The summed E-state index contributed by atoms with van der Waals surface area (Å²) in [5.74, 6) is -0.312. The first-order chi connectivity index (χ1) is 11.2. The number of nitrogens with zero attached hydrogens (tertiary/aromatic N) is 1. The highest BCUT2D eigenvalue weighted by atomic mass is 16.6. The number of likely N-dealkylation sites (tertiary alicyclic amines) is 1. The first-order valence-corrected chi connectivity index (χ1v) is 8.38. The van der Waals surface area contributed by atoms with Crippen molar-refractivity contribution >= 4 is 12.1 Å². The molecule has 132 valence electrons. The Labute approximate surface area is 143 Å². The van der Waals surface area contributed by atoms with Crippen molar-refractivity contribution in [1.29, 1.82) is 0 Å². The molecule has 0 aromatic heterocycles. The van der Waals surface area contributed by atoms with E-state index in [1.807, 2.05) is 45.9 Å². The number of benzene rings is 1. The van der Waals surface area contributed by atoms with Crippen LogP contribution in [0.2, 0.25) is 0 Å². The first kappa shape index (κ1) is 18.3. The monoisotopic (exact) mass is 333 g/mol. The summed E-state index contributed by atoms with van der Waals surface area (Å²) in [6.45, 7) is 8.27. The minimum absolute atomic E-state index is 0.211. The van der Waals surface area contributed by atoms with Crippen molar-refractivity contribution in [2.45, 2.75) is 58.6 Å². The Bertz CT molecular complexity index is 618. The molecule has 0 spiro atoms. The molecular formula is C19H27NO4. The van der Waals surface area contributed by atoms with Gasteiger partial charge in [-0.25, -0.2) is 9.59 Å². The molecule has 1 aliphatic rings. The van der Waals surface area contributed by atoms with Gasteiger partial charge in [0.05, 0.1) is 12.7 Å². The summed E-state index contributed by atoms with van der Waals surface area (Å²) in [5, 5.41) is 0. The molecule has 1 atom stereocenters. The Hall–Kier alpha value is -2.04. The number of esters is 1. The van der Waals surface area contributed by atoms with Crippen LogP contribution in [0.5, 0.6) is 0 Å². The van der Waals surface area contributed by atoms with Crippen LogP contribution in [0.1, 0.15) is 55.1 Å². The van der Waals surface area contributed by atoms with E-state index in [-0.39, 0.29) is 18.1 Å². The van der Waals surface area contributed by atoms with Gasteiger partial charge in [0.25, 0.3) is 0 Å². The average Bonchev–Trinajstić information content (AvgIpc) is 2.45. The molecular weight excluding hydrogens is 306 g/mol. The van der Waals surface area contributed by atoms with Crippen molar-refractivity contribution in [3.05, 3.63) is 34.9 Å². The molecule has 1 amide bonds. The molecule has 0 radical (unpaired) electrons. The molecule has 1 aromatic rings. The smallest absolute Gasteiger partial charge is 0.410 e. The van der Waals surface area contributed by atoms with Crippen molar-refractivity contribution in [2.24, 2.45) is 0 Å². The number of aryl methyl sites for hydroxylation is 2. The number of ether oxygens (including phenoxy) is 2. The Morgan fingerprint density at radius 3 is 2.54 bits per heavy atom. The topological polar surface area (TPSA) is 55.8 Å². The van der Waals surface area contributed by atoms with Gasteiger partial charge in [-0.2, -0.15) is 0 Å². The standard InChI is InChI=1S/C19H27NO4/c1-13-6-7-14(12-16(13)17(21)23-5)8-9-15-10-11-20(15)18(22)24-19(2,3)4/h6-7,12,15H,8-11H2,1-5H3. The van der Waals surface area contributed by atoms with E-state index in [0.29, 0.717) is 5.56 Å². The molecule has 1 fully saturated rings. The van der Waals surface area contributed by atoms with Gasteiger partial charge in [0.2, 0.25) is 0 Å². The maximum atomic E-state index is 12.1. The third kappa shape index (κ3) is 4.49. The fourth-order valence-electron chi connectivity index (χ4n) is 2.79. The van der Waals surface area contributed by atoms with Crippen LogP contribution in [0.15, 0.2) is 18.2 Å². The number of hydrogen-bond donors (Lipinski definition) is 0. The lowest BCUT2D eigenvalue weighted by atomic mass is 9.94. The van der Waals surface area contributed by atoms with Gasteiger partial charge < -0.3 is 14.4 Å². The highest BCUT2D eigenvalue weighted by Crippen LogP contribution is 2.25. The van der Waals surface area contributed by atoms with Crippen LogP contribution >= 0.6 is 0 Å². The van der Waals surface area contributed by atoms with Crippen molar-refractivity contribution in [2.75, 3.05) is 13.7 Å². The Balaban J connectivity index is 1.94. The quantitative estimate of drug-likeness (QED) is 0.788. The van der Waals surface area contributed by atoms with E-state index in [2.05, 4.69) is 0 Å². The summed E-state index contributed by atoms with van der Waals surface area (Å²) in [5.41, 5.74) is 2.12. The van der Waals surface area contributed by atoms with Crippen LogP contribution in [-0.2, 0) is 15.9 Å². The van der Waals surface area contributed by atoms with Crippen molar-refractivity contribution in [3.8, 4) is 0 Å². The van der Waals surface area contributed by atoms with Gasteiger partial charge in [0.15, 0.2) is 0 Å². The molecule has 1 saturated heterocycles. The number of methoxy groups -OCH3 is 1. The van der Waals surface area contributed by atoms with Crippen LogP contribution in [0.3, 0.4) is 0 Å². The largest absolute Gasteiger partial charge is 0.465 e. The van der Waals surface area contributed by atoms with Crippen molar-refractivity contribution < 1.29 is 19.1 Å². The number of carbonyl (C=O) groups excluding carboxylic acids is 2. The van der Waals surface area contributed by atoms with E-state index in [4.69, 9.17) is 9.47 Å². The highest BCUT2D eigenvalue weighted by molar-refractivity contribution is 5.91. The Morgan fingerprint density at radius 1 is 1.29 bits per heavy atom. The SMILES string of the molecule is COC(=O)c1cc(CCC2CCN2C(=O)OC(C)(C)C)ccc1C. The van der Waals surface area contributed by atoms with Crippen LogP contribution in [0.25, 0.3) is 0 Å².